The number of halogens is 3. The van der Waals surface area contributed by atoms with Gasteiger partial charge in [-0.05, 0) is 12.5 Å². The third-order valence-electron chi connectivity index (χ3n) is 1.47. The smallest absolute Gasteiger partial charge is 0.481 e. The summed E-state index contributed by atoms with van der Waals surface area (Å²) in [6, 6.07) is 1.36. The highest BCUT2D eigenvalue weighted by atomic mass is 19.4. The third kappa shape index (κ3) is 2.79. The lowest BCUT2D eigenvalue weighted by molar-refractivity contribution is -0.275. The van der Waals surface area contributed by atoms with Gasteiger partial charge in [0.05, 0.1) is 13.3 Å². The third-order valence-corrected chi connectivity index (χ3v) is 1.47. The number of ether oxygens (including phenoxy) is 2. The number of methoxy groups -OCH3 is 1. The Morgan fingerprint density at radius 1 is 1.36 bits per heavy atom. The predicted molar refractivity (Wildman–Crippen MR) is 42.2 cm³/mol. The van der Waals surface area contributed by atoms with Gasteiger partial charge in [-0.3, -0.25) is 0 Å². The quantitative estimate of drug-likeness (QED) is 0.745. The number of hydrogen-bond donors (Lipinski definition) is 0. The molecule has 1 aromatic heterocycles. The van der Waals surface area contributed by atoms with Crippen LogP contribution >= 0.6 is 0 Å². The Balaban J connectivity index is 2.89. The number of alkyl halides is 3. The van der Waals surface area contributed by atoms with Crippen molar-refractivity contribution in [3.05, 3.63) is 17.8 Å². The van der Waals surface area contributed by atoms with E-state index < -0.39 is 6.36 Å². The van der Waals surface area contributed by atoms with E-state index in [1.807, 2.05) is 0 Å². The zero-order chi connectivity index (χ0) is 10.8. The van der Waals surface area contributed by atoms with Gasteiger partial charge in [0.25, 0.3) is 0 Å². The van der Waals surface area contributed by atoms with Gasteiger partial charge in [-0.1, -0.05) is 0 Å². The highest BCUT2D eigenvalue weighted by molar-refractivity contribution is 5.33. The Kier molecular flexibility index (Phi) is 2.83. The maximum Gasteiger partial charge on any atom is 0.573 e. The molecule has 6 heteroatoms. The fourth-order valence-corrected chi connectivity index (χ4v) is 0.861. The molecule has 0 unspecified atom stereocenters. The SMILES string of the molecule is COc1cc(C)c(OC(F)(F)F)cn1. The Morgan fingerprint density at radius 2 is 2.00 bits per heavy atom. The van der Waals surface area contributed by atoms with Gasteiger partial charge in [-0.25, -0.2) is 4.98 Å². The van der Waals surface area contributed by atoms with Crippen LogP contribution in [0.3, 0.4) is 0 Å². The topological polar surface area (TPSA) is 31.4 Å². The first-order chi connectivity index (χ1) is 6.42. The molecule has 0 radical (unpaired) electrons. The molecule has 0 aromatic carbocycles. The van der Waals surface area contributed by atoms with Crippen molar-refractivity contribution in [2.75, 3.05) is 7.11 Å². The van der Waals surface area contributed by atoms with Crippen LogP contribution in [0.5, 0.6) is 11.6 Å². The molecule has 0 saturated carbocycles. The van der Waals surface area contributed by atoms with Gasteiger partial charge in [-0.2, -0.15) is 0 Å². The summed E-state index contributed by atoms with van der Waals surface area (Å²) in [5.74, 6) is -0.0738. The summed E-state index contributed by atoms with van der Waals surface area (Å²) >= 11 is 0. The molecule has 0 atom stereocenters. The van der Waals surface area contributed by atoms with Crippen LogP contribution in [0.2, 0.25) is 0 Å². The molecule has 14 heavy (non-hydrogen) atoms. The molecule has 0 amide bonds. The molecule has 0 fully saturated rings. The first-order valence-electron chi connectivity index (χ1n) is 3.69. The Bertz CT molecular complexity index is 325. The van der Waals surface area contributed by atoms with Crippen LogP contribution in [0.15, 0.2) is 12.3 Å². The van der Waals surface area contributed by atoms with E-state index in [2.05, 4.69) is 9.72 Å². The number of nitrogens with zero attached hydrogens (tertiary/aromatic N) is 1. The lowest BCUT2D eigenvalue weighted by atomic mass is 10.3. The second-order valence-corrected chi connectivity index (χ2v) is 2.54. The molecule has 1 aromatic rings. The van der Waals surface area contributed by atoms with Crippen LogP contribution in [0.1, 0.15) is 5.56 Å². The number of aryl methyl sites for hydroxylation is 1. The van der Waals surface area contributed by atoms with Crippen LogP contribution in [0, 0.1) is 6.92 Å². The van der Waals surface area contributed by atoms with Crippen molar-refractivity contribution in [3.8, 4) is 11.6 Å². The zero-order valence-electron chi connectivity index (χ0n) is 7.55. The summed E-state index contributed by atoms with van der Waals surface area (Å²) in [7, 11) is 1.38. The summed E-state index contributed by atoms with van der Waals surface area (Å²) in [5.41, 5.74) is 0.314. The normalized spacial score (nSPS) is 11.2. The number of rotatable bonds is 2. The molecule has 0 aliphatic rings. The van der Waals surface area contributed by atoms with E-state index in [-0.39, 0.29) is 11.6 Å². The van der Waals surface area contributed by atoms with E-state index in [1.54, 1.807) is 0 Å². The van der Waals surface area contributed by atoms with E-state index in [0.29, 0.717) is 5.56 Å². The van der Waals surface area contributed by atoms with Crippen LogP contribution in [0.25, 0.3) is 0 Å². The van der Waals surface area contributed by atoms with E-state index in [4.69, 9.17) is 4.74 Å². The van der Waals surface area contributed by atoms with Crippen molar-refractivity contribution in [2.24, 2.45) is 0 Å². The molecule has 0 spiro atoms. The molecule has 78 valence electrons. The fourth-order valence-electron chi connectivity index (χ4n) is 0.861. The molecule has 0 saturated heterocycles. The Labute approximate surface area is 78.5 Å². The lowest BCUT2D eigenvalue weighted by Crippen LogP contribution is -2.17. The van der Waals surface area contributed by atoms with Gasteiger partial charge in [0.2, 0.25) is 5.88 Å². The second kappa shape index (κ2) is 3.73. The van der Waals surface area contributed by atoms with Crippen LogP contribution in [0.4, 0.5) is 13.2 Å². The number of aromatic nitrogens is 1. The minimum absolute atomic E-state index is 0.247. The monoisotopic (exact) mass is 207 g/mol. The van der Waals surface area contributed by atoms with Gasteiger partial charge in [0.1, 0.15) is 0 Å². The van der Waals surface area contributed by atoms with Crippen LogP contribution < -0.4 is 9.47 Å². The van der Waals surface area contributed by atoms with Gasteiger partial charge in [0, 0.05) is 6.07 Å². The van der Waals surface area contributed by atoms with E-state index >= 15 is 0 Å². The second-order valence-electron chi connectivity index (χ2n) is 2.54. The minimum atomic E-state index is -4.69. The van der Waals surface area contributed by atoms with Gasteiger partial charge in [-0.15, -0.1) is 13.2 Å². The average Bonchev–Trinajstić information content (AvgIpc) is 2.06. The molecular weight excluding hydrogens is 199 g/mol. The average molecular weight is 207 g/mol. The summed E-state index contributed by atoms with van der Waals surface area (Å²) in [4.78, 5) is 3.59. The Hall–Kier alpha value is -1.46. The maximum absolute atomic E-state index is 11.8. The maximum atomic E-state index is 11.8. The number of pyridine rings is 1. The molecule has 0 N–H and O–H groups in total. The molecule has 1 heterocycles. The molecule has 0 aliphatic heterocycles. The molecule has 3 nitrogen and oxygen atoms in total. The van der Waals surface area contributed by atoms with Crippen molar-refractivity contribution in [1.29, 1.82) is 0 Å². The highest BCUT2D eigenvalue weighted by Crippen LogP contribution is 2.26. The van der Waals surface area contributed by atoms with Crippen LogP contribution in [-0.4, -0.2) is 18.5 Å². The van der Waals surface area contributed by atoms with Gasteiger partial charge in [0.15, 0.2) is 5.75 Å². The summed E-state index contributed by atoms with van der Waals surface area (Å²) in [5, 5.41) is 0. The van der Waals surface area contributed by atoms with Crippen molar-refractivity contribution in [2.45, 2.75) is 13.3 Å². The number of hydrogen-bond acceptors (Lipinski definition) is 3. The van der Waals surface area contributed by atoms with Crippen molar-refractivity contribution >= 4 is 0 Å². The van der Waals surface area contributed by atoms with Crippen molar-refractivity contribution in [1.82, 2.24) is 4.98 Å². The highest BCUT2D eigenvalue weighted by Gasteiger charge is 2.31. The fraction of sp³-hybridized carbons (Fsp3) is 0.375. The molecule has 1 rings (SSSR count). The first-order valence-corrected chi connectivity index (χ1v) is 3.69. The predicted octanol–water partition coefficient (Wildman–Crippen LogP) is 2.30. The zero-order valence-corrected chi connectivity index (χ0v) is 7.55. The summed E-state index contributed by atoms with van der Waals surface area (Å²) in [6.45, 7) is 1.48. The van der Waals surface area contributed by atoms with Crippen molar-refractivity contribution < 1.29 is 22.6 Å². The van der Waals surface area contributed by atoms with Crippen LogP contribution in [-0.2, 0) is 0 Å². The molecule has 0 aliphatic carbocycles. The van der Waals surface area contributed by atoms with Gasteiger partial charge >= 0.3 is 6.36 Å². The Morgan fingerprint density at radius 3 is 2.43 bits per heavy atom. The van der Waals surface area contributed by atoms with Crippen molar-refractivity contribution in [3.63, 3.8) is 0 Å². The van der Waals surface area contributed by atoms with E-state index in [0.717, 1.165) is 6.20 Å². The standard InChI is InChI=1S/C8H8F3NO2/c1-5-3-7(13-2)12-4-6(5)14-8(9,10)11/h3-4H,1-2H3. The summed E-state index contributed by atoms with van der Waals surface area (Å²) < 4.78 is 43.9. The van der Waals surface area contributed by atoms with E-state index in [9.17, 15) is 13.2 Å². The first kappa shape index (κ1) is 10.6. The lowest BCUT2D eigenvalue weighted by Gasteiger charge is -2.11. The molecule has 0 bridgehead atoms. The minimum Gasteiger partial charge on any atom is -0.481 e. The summed E-state index contributed by atoms with van der Waals surface area (Å²) in [6.07, 6.45) is -3.72. The molecular formula is C8H8F3NO2. The van der Waals surface area contributed by atoms with Gasteiger partial charge < -0.3 is 9.47 Å². The largest absolute Gasteiger partial charge is 0.573 e. The van der Waals surface area contributed by atoms with E-state index in [1.165, 1.54) is 20.1 Å².